The monoisotopic (exact) mass is 257 g/mol. The largest absolute Gasteiger partial charge is 0.464 e. The van der Waals surface area contributed by atoms with Gasteiger partial charge in [-0.1, -0.05) is 30.3 Å². The van der Waals surface area contributed by atoms with E-state index in [-0.39, 0.29) is 5.69 Å². The molecule has 19 heavy (non-hydrogen) atoms. The molecule has 0 saturated heterocycles. The van der Waals surface area contributed by atoms with E-state index in [1.54, 1.807) is 6.20 Å². The van der Waals surface area contributed by atoms with Crippen LogP contribution in [-0.2, 0) is 11.3 Å². The molecule has 1 aromatic carbocycles. The Morgan fingerprint density at radius 1 is 1.26 bits per heavy atom. The van der Waals surface area contributed by atoms with Crippen molar-refractivity contribution in [3.8, 4) is 0 Å². The van der Waals surface area contributed by atoms with Crippen LogP contribution in [0.3, 0.4) is 0 Å². The van der Waals surface area contributed by atoms with E-state index in [0.717, 1.165) is 5.56 Å². The van der Waals surface area contributed by atoms with Gasteiger partial charge in [-0.3, -0.25) is 0 Å². The maximum Gasteiger partial charge on any atom is 0.356 e. The summed E-state index contributed by atoms with van der Waals surface area (Å²) in [5.74, 6) is 0.0310. The molecule has 0 N–H and O–H groups in total. The van der Waals surface area contributed by atoms with Crippen LogP contribution in [0.15, 0.2) is 42.6 Å². The van der Waals surface area contributed by atoms with Gasteiger partial charge in [-0.05, 0) is 11.6 Å². The van der Waals surface area contributed by atoms with E-state index < -0.39 is 5.97 Å². The summed E-state index contributed by atoms with van der Waals surface area (Å²) in [7, 11) is 3.21. The van der Waals surface area contributed by atoms with Crippen LogP contribution < -0.4 is 4.90 Å². The zero-order valence-corrected chi connectivity index (χ0v) is 10.9. The zero-order chi connectivity index (χ0) is 13.7. The first kappa shape index (κ1) is 13.0. The molecule has 0 atom stereocenters. The highest BCUT2D eigenvalue weighted by molar-refractivity contribution is 5.87. The maximum absolute atomic E-state index is 11.4. The minimum absolute atomic E-state index is 0.257. The average molecular weight is 257 g/mol. The molecule has 0 amide bonds. The second-order valence-corrected chi connectivity index (χ2v) is 4.08. The van der Waals surface area contributed by atoms with Gasteiger partial charge in [-0.15, -0.1) is 0 Å². The summed E-state index contributed by atoms with van der Waals surface area (Å²) in [6.45, 7) is 0.672. The summed E-state index contributed by atoms with van der Waals surface area (Å²) in [6, 6.07) is 11.5. The van der Waals surface area contributed by atoms with Gasteiger partial charge in [0.05, 0.1) is 7.11 Å². The maximum atomic E-state index is 11.4. The number of aromatic nitrogens is 2. The molecule has 0 saturated carbocycles. The van der Waals surface area contributed by atoms with Crippen molar-refractivity contribution in [3.05, 3.63) is 53.9 Å². The van der Waals surface area contributed by atoms with Gasteiger partial charge in [0, 0.05) is 19.8 Å². The standard InChI is InChI=1S/C14H15N3O2/c1-17(10-11-6-4-3-5-7-11)14-15-9-8-12(16-14)13(18)19-2/h3-9H,10H2,1-2H3. The number of hydrogen-bond acceptors (Lipinski definition) is 5. The van der Waals surface area contributed by atoms with E-state index in [0.29, 0.717) is 12.5 Å². The van der Waals surface area contributed by atoms with Crippen molar-refractivity contribution in [1.82, 2.24) is 9.97 Å². The Bertz CT molecular complexity index is 558. The third-order valence-corrected chi connectivity index (χ3v) is 2.64. The SMILES string of the molecule is COC(=O)c1ccnc(N(C)Cc2ccccc2)n1. The zero-order valence-electron chi connectivity index (χ0n) is 10.9. The van der Waals surface area contributed by atoms with Crippen molar-refractivity contribution in [2.45, 2.75) is 6.54 Å². The molecule has 0 unspecified atom stereocenters. The number of esters is 1. The normalized spacial score (nSPS) is 10.0. The van der Waals surface area contributed by atoms with Gasteiger partial charge in [0.1, 0.15) is 0 Å². The second kappa shape index (κ2) is 5.95. The van der Waals surface area contributed by atoms with Crippen molar-refractivity contribution in [3.63, 3.8) is 0 Å². The quantitative estimate of drug-likeness (QED) is 0.783. The highest BCUT2D eigenvalue weighted by Crippen LogP contribution is 2.10. The number of rotatable bonds is 4. The second-order valence-electron chi connectivity index (χ2n) is 4.08. The van der Waals surface area contributed by atoms with Crippen LogP contribution in [-0.4, -0.2) is 30.1 Å². The van der Waals surface area contributed by atoms with Crippen LogP contribution >= 0.6 is 0 Å². The molecule has 2 rings (SSSR count). The van der Waals surface area contributed by atoms with E-state index >= 15 is 0 Å². The molecule has 5 heteroatoms. The molecule has 0 radical (unpaired) electrons. The van der Waals surface area contributed by atoms with E-state index in [2.05, 4.69) is 14.7 Å². The van der Waals surface area contributed by atoms with Crippen LogP contribution in [0.25, 0.3) is 0 Å². The summed E-state index contributed by atoms with van der Waals surface area (Å²) < 4.78 is 4.64. The molecule has 2 aromatic rings. The lowest BCUT2D eigenvalue weighted by Crippen LogP contribution is -2.20. The summed E-state index contributed by atoms with van der Waals surface area (Å²) in [5.41, 5.74) is 1.41. The van der Waals surface area contributed by atoms with Crippen molar-refractivity contribution < 1.29 is 9.53 Å². The van der Waals surface area contributed by atoms with Crippen LogP contribution in [0.1, 0.15) is 16.1 Å². The fourth-order valence-corrected chi connectivity index (χ4v) is 1.68. The Morgan fingerprint density at radius 2 is 2.00 bits per heavy atom. The van der Waals surface area contributed by atoms with Crippen molar-refractivity contribution in [1.29, 1.82) is 0 Å². The van der Waals surface area contributed by atoms with Gasteiger partial charge in [-0.2, -0.15) is 0 Å². The molecule has 0 fully saturated rings. The highest BCUT2D eigenvalue weighted by atomic mass is 16.5. The van der Waals surface area contributed by atoms with Gasteiger partial charge in [0.25, 0.3) is 0 Å². The summed E-state index contributed by atoms with van der Waals surface area (Å²) in [5, 5.41) is 0. The van der Waals surface area contributed by atoms with Crippen molar-refractivity contribution in [2.24, 2.45) is 0 Å². The molecular formula is C14H15N3O2. The number of carbonyl (C=O) groups excluding carboxylic acids is 1. The third kappa shape index (κ3) is 3.28. The first-order valence-electron chi connectivity index (χ1n) is 5.87. The number of nitrogens with zero attached hydrogens (tertiary/aromatic N) is 3. The molecule has 5 nitrogen and oxygen atoms in total. The smallest absolute Gasteiger partial charge is 0.356 e. The topological polar surface area (TPSA) is 55.3 Å². The molecule has 0 bridgehead atoms. The van der Waals surface area contributed by atoms with E-state index in [9.17, 15) is 4.79 Å². The lowest BCUT2D eigenvalue weighted by molar-refractivity contribution is 0.0594. The summed E-state index contributed by atoms with van der Waals surface area (Å²) in [4.78, 5) is 21.6. The molecule has 0 aliphatic rings. The van der Waals surface area contributed by atoms with Gasteiger partial charge in [-0.25, -0.2) is 14.8 Å². The van der Waals surface area contributed by atoms with Gasteiger partial charge in [0.15, 0.2) is 5.69 Å². The number of ether oxygens (including phenoxy) is 1. The summed E-state index contributed by atoms with van der Waals surface area (Å²) in [6.07, 6.45) is 1.55. The predicted octanol–water partition coefficient (Wildman–Crippen LogP) is 1.90. The average Bonchev–Trinajstić information content (AvgIpc) is 2.47. The fraction of sp³-hybridized carbons (Fsp3) is 0.214. The van der Waals surface area contributed by atoms with Crippen molar-refractivity contribution in [2.75, 3.05) is 19.1 Å². The molecule has 0 spiro atoms. The number of benzene rings is 1. The van der Waals surface area contributed by atoms with Gasteiger partial charge >= 0.3 is 5.97 Å². The molecule has 98 valence electrons. The summed E-state index contributed by atoms with van der Waals surface area (Å²) >= 11 is 0. The molecule has 0 aliphatic heterocycles. The Kier molecular flexibility index (Phi) is 4.07. The first-order valence-corrected chi connectivity index (χ1v) is 5.87. The van der Waals surface area contributed by atoms with Crippen molar-refractivity contribution >= 4 is 11.9 Å². The van der Waals surface area contributed by atoms with E-state index in [1.807, 2.05) is 42.3 Å². The minimum atomic E-state index is -0.461. The number of anilines is 1. The Hall–Kier alpha value is -2.43. The molecule has 0 aliphatic carbocycles. The fourth-order valence-electron chi connectivity index (χ4n) is 1.68. The molecule has 1 heterocycles. The lowest BCUT2D eigenvalue weighted by Gasteiger charge is -2.17. The minimum Gasteiger partial charge on any atom is -0.464 e. The Balaban J connectivity index is 2.15. The van der Waals surface area contributed by atoms with Crippen LogP contribution in [0.2, 0.25) is 0 Å². The predicted molar refractivity (Wildman–Crippen MR) is 71.9 cm³/mol. The molecule has 1 aromatic heterocycles. The number of methoxy groups -OCH3 is 1. The van der Waals surface area contributed by atoms with Gasteiger partial charge < -0.3 is 9.64 Å². The van der Waals surface area contributed by atoms with Crippen LogP contribution in [0.5, 0.6) is 0 Å². The van der Waals surface area contributed by atoms with Gasteiger partial charge in [0.2, 0.25) is 5.95 Å². The van der Waals surface area contributed by atoms with E-state index in [4.69, 9.17) is 0 Å². The number of hydrogen-bond donors (Lipinski definition) is 0. The van der Waals surface area contributed by atoms with E-state index in [1.165, 1.54) is 13.2 Å². The van der Waals surface area contributed by atoms with Crippen LogP contribution in [0, 0.1) is 0 Å². The highest BCUT2D eigenvalue weighted by Gasteiger charge is 2.11. The third-order valence-electron chi connectivity index (χ3n) is 2.64. The first-order chi connectivity index (χ1) is 9.20. The lowest BCUT2D eigenvalue weighted by atomic mass is 10.2. The van der Waals surface area contributed by atoms with Crippen LogP contribution in [0.4, 0.5) is 5.95 Å². The number of carbonyl (C=O) groups is 1. The Labute approximate surface area is 111 Å². The Morgan fingerprint density at radius 3 is 2.68 bits per heavy atom. The molecular weight excluding hydrogens is 242 g/mol.